The molecule has 0 aliphatic rings. The topological polar surface area (TPSA) is 78.6 Å². The van der Waals surface area contributed by atoms with Gasteiger partial charge in [0.05, 0.1) is 0 Å². The van der Waals surface area contributed by atoms with E-state index in [1.807, 2.05) is 52.1 Å². The number of thioether (sulfide) groups is 1. The van der Waals surface area contributed by atoms with Crippen LogP contribution in [-0.2, 0) is 14.3 Å². The van der Waals surface area contributed by atoms with E-state index in [0.717, 1.165) is 16.9 Å². The first-order valence-corrected chi connectivity index (χ1v) is 9.91. The molecule has 1 atom stereocenters. The number of carbonyl (C=O) groups excluding carboxylic acids is 2. The molecule has 6 heteroatoms. The van der Waals surface area contributed by atoms with Gasteiger partial charge in [0.1, 0.15) is 11.8 Å². The molecule has 0 spiro atoms. The normalized spacial score (nSPS) is 12.3. The Morgan fingerprint density at radius 3 is 2.16 bits per heavy atom. The van der Waals surface area contributed by atoms with Gasteiger partial charge in [-0.3, -0.25) is 4.79 Å². The van der Waals surface area contributed by atoms with Crippen molar-refractivity contribution in [2.24, 2.45) is 5.73 Å². The largest absolute Gasteiger partial charge is 0.452 e. The summed E-state index contributed by atoms with van der Waals surface area (Å²) in [5, 5.41) is 0. The van der Waals surface area contributed by atoms with Gasteiger partial charge in [0, 0.05) is 0 Å². The third kappa shape index (κ3) is 6.71. The molecule has 2 N–H and O–H groups in total. The molecule has 0 aliphatic carbocycles. The van der Waals surface area contributed by atoms with E-state index < -0.39 is 24.6 Å². The van der Waals surface area contributed by atoms with Crippen molar-refractivity contribution in [3.05, 3.63) is 29.3 Å². The first kappa shape index (κ1) is 21.5. The van der Waals surface area contributed by atoms with Gasteiger partial charge in [0.15, 0.2) is 6.61 Å². The van der Waals surface area contributed by atoms with E-state index in [1.165, 1.54) is 0 Å². The van der Waals surface area contributed by atoms with Gasteiger partial charge in [-0.05, 0) is 41.4 Å². The summed E-state index contributed by atoms with van der Waals surface area (Å²) < 4.78 is 10.5. The van der Waals surface area contributed by atoms with Gasteiger partial charge in [-0.25, -0.2) is 4.79 Å². The molecule has 0 unspecified atom stereocenters. The van der Waals surface area contributed by atoms with Gasteiger partial charge >= 0.3 is 11.9 Å². The van der Waals surface area contributed by atoms with Gasteiger partial charge in [0.25, 0.3) is 0 Å². The molecule has 0 aromatic heterocycles. The van der Waals surface area contributed by atoms with Crippen molar-refractivity contribution in [3.63, 3.8) is 0 Å². The lowest BCUT2D eigenvalue weighted by atomic mass is 9.94. The van der Waals surface area contributed by atoms with E-state index in [9.17, 15) is 9.59 Å². The summed E-state index contributed by atoms with van der Waals surface area (Å²) >= 11 is 1.60. The summed E-state index contributed by atoms with van der Waals surface area (Å²) in [6, 6.07) is 5.15. The van der Waals surface area contributed by atoms with E-state index in [1.54, 1.807) is 11.8 Å². The Bertz CT molecular complexity index is 561. The third-order valence-corrected chi connectivity index (χ3v) is 4.45. The lowest BCUT2D eigenvalue weighted by molar-refractivity contribution is -0.154. The van der Waals surface area contributed by atoms with Crippen molar-refractivity contribution >= 4 is 23.7 Å². The number of esters is 2. The molecule has 5 nitrogen and oxygen atoms in total. The van der Waals surface area contributed by atoms with Crippen molar-refractivity contribution in [1.82, 2.24) is 0 Å². The first-order chi connectivity index (χ1) is 11.8. The third-order valence-electron chi connectivity index (χ3n) is 3.80. The van der Waals surface area contributed by atoms with Crippen LogP contribution in [0.1, 0.15) is 57.1 Å². The predicted octanol–water partition coefficient (Wildman–Crippen LogP) is 3.46. The minimum Gasteiger partial charge on any atom is -0.452 e. The summed E-state index contributed by atoms with van der Waals surface area (Å²) in [7, 11) is 0. The number of ether oxygens (including phenoxy) is 2. The summed E-state index contributed by atoms with van der Waals surface area (Å²) in [6.45, 7) is 7.74. The molecule has 1 aromatic carbocycles. The van der Waals surface area contributed by atoms with Crippen LogP contribution in [0, 0.1) is 0 Å². The Kier molecular flexibility index (Phi) is 9.00. The van der Waals surface area contributed by atoms with E-state index in [4.69, 9.17) is 15.2 Å². The molecule has 1 rings (SSSR count). The SMILES string of the molecule is CSCC[C@@H](N)C(=O)OCC(=O)Oc1c(C(C)C)cccc1C(C)C. The average molecular weight is 368 g/mol. The zero-order valence-electron chi connectivity index (χ0n) is 15.7. The summed E-state index contributed by atoms with van der Waals surface area (Å²) in [5.74, 6) is 0.584. The zero-order valence-corrected chi connectivity index (χ0v) is 16.5. The number of benzene rings is 1. The Hall–Kier alpha value is -1.53. The summed E-state index contributed by atoms with van der Waals surface area (Å²) in [6.07, 6.45) is 2.45. The van der Waals surface area contributed by atoms with Crippen LogP contribution in [0.2, 0.25) is 0 Å². The fourth-order valence-electron chi connectivity index (χ4n) is 2.34. The van der Waals surface area contributed by atoms with Crippen LogP contribution in [0.3, 0.4) is 0 Å². The quantitative estimate of drug-likeness (QED) is 0.532. The van der Waals surface area contributed by atoms with Gasteiger partial charge < -0.3 is 15.2 Å². The van der Waals surface area contributed by atoms with Gasteiger partial charge in [0.2, 0.25) is 0 Å². The molecule has 1 aromatic rings. The van der Waals surface area contributed by atoms with Gasteiger partial charge in [-0.1, -0.05) is 45.9 Å². The van der Waals surface area contributed by atoms with Crippen LogP contribution in [0.5, 0.6) is 5.75 Å². The van der Waals surface area contributed by atoms with E-state index in [2.05, 4.69) is 0 Å². The molecule has 0 radical (unpaired) electrons. The van der Waals surface area contributed by atoms with Crippen LogP contribution < -0.4 is 10.5 Å². The number of rotatable bonds is 9. The Labute approximate surface area is 154 Å². The zero-order chi connectivity index (χ0) is 19.0. The molecule has 25 heavy (non-hydrogen) atoms. The highest BCUT2D eigenvalue weighted by Gasteiger charge is 2.20. The average Bonchev–Trinajstić information content (AvgIpc) is 2.57. The van der Waals surface area contributed by atoms with Gasteiger partial charge in [-0.15, -0.1) is 0 Å². The second-order valence-electron chi connectivity index (χ2n) is 6.54. The van der Waals surface area contributed by atoms with Crippen molar-refractivity contribution in [2.45, 2.75) is 52.0 Å². The van der Waals surface area contributed by atoms with E-state index in [-0.39, 0.29) is 11.8 Å². The number of nitrogens with two attached hydrogens (primary N) is 1. The van der Waals surface area contributed by atoms with E-state index >= 15 is 0 Å². The predicted molar refractivity (Wildman–Crippen MR) is 102 cm³/mol. The highest BCUT2D eigenvalue weighted by atomic mass is 32.2. The molecule has 0 saturated heterocycles. The number of carbonyl (C=O) groups is 2. The smallest absolute Gasteiger partial charge is 0.349 e. The number of hydrogen-bond donors (Lipinski definition) is 1. The maximum atomic E-state index is 12.2. The van der Waals surface area contributed by atoms with Crippen molar-refractivity contribution < 1.29 is 19.1 Å². The Morgan fingerprint density at radius 1 is 1.12 bits per heavy atom. The molecular weight excluding hydrogens is 338 g/mol. The Balaban J connectivity index is 2.75. The molecular formula is C19H29NO4S. The molecule has 0 fully saturated rings. The van der Waals surface area contributed by atoms with Crippen LogP contribution in [0.4, 0.5) is 0 Å². The van der Waals surface area contributed by atoms with Crippen LogP contribution in [-0.4, -0.2) is 36.6 Å². The fraction of sp³-hybridized carbons (Fsp3) is 0.579. The summed E-state index contributed by atoms with van der Waals surface area (Å²) in [5.41, 5.74) is 7.65. The molecule has 140 valence electrons. The minimum absolute atomic E-state index is 0.212. The van der Waals surface area contributed by atoms with Crippen LogP contribution >= 0.6 is 11.8 Å². The lowest BCUT2D eigenvalue weighted by Crippen LogP contribution is -2.34. The second kappa shape index (κ2) is 10.5. The highest BCUT2D eigenvalue weighted by molar-refractivity contribution is 7.98. The molecule has 0 heterocycles. The maximum Gasteiger partial charge on any atom is 0.349 e. The van der Waals surface area contributed by atoms with Crippen molar-refractivity contribution in [3.8, 4) is 5.75 Å². The standard InChI is InChI=1S/C19H29NO4S/c1-12(2)14-7-6-8-15(13(3)4)18(14)24-17(21)11-23-19(22)16(20)9-10-25-5/h6-8,12-13,16H,9-11,20H2,1-5H3/t16-/m1/s1. The van der Waals surface area contributed by atoms with Crippen molar-refractivity contribution in [2.75, 3.05) is 18.6 Å². The van der Waals surface area contributed by atoms with Crippen LogP contribution in [0.25, 0.3) is 0 Å². The van der Waals surface area contributed by atoms with Crippen LogP contribution in [0.15, 0.2) is 18.2 Å². The minimum atomic E-state index is -0.713. The lowest BCUT2D eigenvalue weighted by Gasteiger charge is -2.19. The van der Waals surface area contributed by atoms with E-state index in [0.29, 0.717) is 12.2 Å². The number of hydrogen-bond acceptors (Lipinski definition) is 6. The Morgan fingerprint density at radius 2 is 1.68 bits per heavy atom. The first-order valence-electron chi connectivity index (χ1n) is 8.52. The molecule has 0 amide bonds. The molecule has 0 bridgehead atoms. The highest BCUT2D eigenvalue weighted by Crippen LogP contribution is 2.34. The fourth-order valence-corrected chi connectivity index (χ4v) is 2.83. The summed E-state index contributed by atoms with van der Waals surface area (Å²) in [4.78, 5) is 24.0. The second-order valence-corrected chi connectivity index (χ2v) is 7.53. The monoisotopic (exact) mass is 367 g/mol. The van der Waals surface area contributed by atoms with Gasteiger partial charge in [-0.2, -0.15) is 11.8 Å². The maximum absolute atomic E-state index is 12.2. The number of para-hydroxylation sites is 1. The molecule has 0 saturated carbocycles. The van der Waals surface area contributed by atoms with Crippen molar-refractivity contribution in [1.29, 1.82) is 0 Å². The molecule has 0 aliphatic heterocycles.